The third-order valence-corrected chi connectivity index (χ3v) is 7.03. The minimum atomic E-state index is -4.42. The Bertz CT molecular complexity index is 1300. The van der Waals surface area contributed by atoms with Crippen LogP contribution in [0, 0.1) is 17.2 Å². The first kappa shape index (κ1) is 24.3. The van der Waals surface area contributed by atoms with Crippen LogP contribution in [0.5, 0.6) is 0 Å². The molecule has 3 heterocycles. The fourth-order valence-electron chi connectivity index (χ4n) is 5.16. The van der Waals surface area contributed by atoms with Gasteiger partial charge < -0.3 is 15.0 Å². The van der Waals surface area contributed by atoms with E-state index in [1.165, 1.54) is 18.3 Å². The van der Waals surface area contributed by atoms with Crippen molar-refractivity contribution in [3.05, 3.63) is 52.4 Å². The third kappa shape index (κ3) is 4.83. The molecule has 2 unspecified atom stereocenters. The second kappa shape index (κ2) is 9.95. The minimum Gasteiger partial charge on any atom is -0.379 e. The van der Waals surface area contributed by atoms with E-state index in [1.807, 2.05) is 0 Å². The predicted octanol–water partition coefficient (Wildman–Crippen LogP) is 4.70. The third-order valence-electron chi connectivity index (χ3n) is 7.03. The molecule has 2 aromatic heterocycles. The molecule has 0 radical (unpaired) electrons. The monoisotopic (exact) mass is 500 g/mol. The summed E-state index contributed by atoms with van der Waals surface area (Å²) < 4.78 is 48.6. The number of ether oxygens (including phenoxy) is 1. The fraction of sp³-hybridized carbons (Fsp3) is 0.480. The first-order valence-corrected chi connectivity index (χ1v) is 12.1. The van der Waals surface area contributed by atoms with Crippen LogP contribution in [-0.2, 0) is 4.74 Å². The Balaban J connectivity index is 1.44. The molecule has 1 aromatic carbocycles. The lowest BCUT2D eigenvalue weighted by atomic mass is 9.96. The Hall–Kier alpha value is -3.36. The van der Waals surface area contributed by atoms with Gasteiger partial charge in [-0.15, -0.1) is 0 Å². The Morgan fingerprint density at radius 1 is 1.17 bits per heavy atom. The summed E-state index contributed by atoms with van der Waals surface area (Å²) in [5.74, 6) is -0.0572. The number of halogens is 3. The number of anilines is 2. The first-order chi connectivity index (χ1) is 17.3. The maximum Gasteiger partial charge on any atom is 0.407 e. The van der Waals surface area contributed by atoms with E-state index in [9.17, 15) is 23.2 Å². The molecule has 3 aromatic rings. The van der Waals surface area contributed by atoms with E-state index in [4.69, 9.17) is 4.74 Å². The fourth-order valence-corrected chi connectivity index (χ4v) is 5.16. The van der Waals surface area contributed by atoms with Crippen molar-refractivity contribution in [3.8, 4) is 6.07 Å². The molecule has 3 N–H and O–H groups in total. The number of nitrogens with one attached hydrogen (secondary N) is 3. The van der Waals surface area contributed by atoms with Crippen LogP contribution in [0.3, 0.4) is 0 Å². The average Bonchev–Trinajstić information content (AvgIpc) is 3.51. The van der Waals surface area contributed by atoms with E-state index in [0.717, 1.165) is 25.7 Å². The molecule has 36 heavy (non-hydrogen) atoms. The highest BCUT2D eigenvalue weighted by Gasteiger charge is 2.42. The van der Waals surface area contributed by atoms with Crippen molar-refractivity contribution in [3.63, 3.8) is 0 Å². The van der Waals surface area contributed by atoms with E-state index < -0.39 is 12.2 Å². The highest BCUT2D eigenvalue weighted by molar-refractivity contribution is 5.91. The highest BCUT2D eigenvalue weighted by atomic mass is 19.4. The maximum atomic E-state index is 13.8. The number of alkyl halides is 3. The van der Waals surface area contributed by atoms with Gasteiger partial charge in [0.15, 0.2) is 5.82 Å². The summed E-state index contributed by atoms with van der Waals surface area (Å²) in [5, 5.41) is 20.4. The van der Waals surface area contributed by atoms with Gasteiger partial charge in [0, 0.05) is 24.5 Å². The molecule has 8 nitrogen and oxygen atoms in total. The zero-order valence-electron chi connectivity index (χ0n) is 19.5. The van der Waals surface area contributed by atoms with Crippen molar-refractivity contribution in [1.29, 1.82) is 5.26 Å². The molecule has 1 saturated carbocycles. The van der Waals surface area contributed by atoms with Gasteiger partial charge in [-0.3, -0.25) is 14.8 Å². The average molecular weight is 501 g/mol. The second-order valence-electron chi connectivity index (χ2n) is 9.40. The second-order valence-corrected chi connectivity index (χ2v) is 9.40. The summed E-state index contributed by atoms with van der Waals surface area (Å²) in [6, 6.07) is 7.74. The Labute approximate surface area is 205 Å². The quantitative estimate of drug-likeness (QED) is 0.453. The van der Waals surface area contributed by atoms with Crippen molar-refractivity contribution < 1.29 is 17.9 Å². The molecular weight excluding hydrogens is 473 g/mol. The number of rotatable bonds is 6. The highest BCUT2D eigenvalue weighted by Crippen LogP contribution is 2.36. The molecule has 1 aliphatic carbocycles. The number of hydrogen-bond donors (Lipinski definition) is 3. The van der Waals surface area contributed by atoms with Crippen molar-refractivity contribution >= 4 is 22.4 Å². The van der Waals surface area contributed by atoms with Crippen molar-refractivity contribution in [1.82, 2.24) is 20.1 Å². The first-order valence-electron chi connectivity index (χ1n) is 12.1. The van der Waals surface area contributed by atoms with Crippen LogP contribution in [0.2, 0.25) is 0 Å². The molecule has 1 saturated heterocycles. The SMILES string of the molecule is N#CC1CCOC[C@@H]1n1nc(Nc2ccc(C(NC3CCCC3)C(F)(F)F)cc2)c2c(=O)[nH]ccc21. The zero-order chi connectivity index (χ0) is 25.3. The van der Waals surface area contributed by atoms with Gasteiger partial charge in [0.2, 0.25) is 0 Å². The van der Waals surface area contributed by atoms with Crippen LogP contribution in [0.4, 0.5) is 24.7 Å². The summed E-state index contributed by atoms with van der Waals surface area (Å²) in [6.45, 7) is 0.781. The van der Waals surface area contributed by atoms with Crippen LogP contribution in [0.25, 0.3) is 10.9 Å². The van der Waals surface area contributed by atoms with Gasteiger partial charge in [-0.1, -0.05) is 25.0 Å². The normalized spacial score (nSPS) is 21.9. The molecule has 11 heteroatoms. The zero-order valence-corrected chi connectivity index (χ0v) is 19.5. The number of H-pyrrole nitrogens is 1. The summed E-state index contributed by atoms with van der Waals surface area (Å²) in [7, 11) is 0. The van der Waals surface area contributed by atoms with Gasteiger partial charge in [0.1, 0.15) is 11.4 Å². The molecule has 0 spiro atoms. The molecular formula is C25H27F3N6O2. The summed E-state index contributed by atoms with van der Waals surface area (Å²) in [4.78, 5) is 15.3. The van der Waals surface area contributed by atoms with Crippen LogP contribution >= 0.6 is 0 Å². The van der Waals surface area contributed by atoms with Gasteiger partial charge >= 0.3 is 6.18 Å². The van der Waals surface area contributed by atoms with Crippen LogP contribution in [0.1, 0.15) is 49.8 Å². The van der Waals surface area contributed by atoms with E-state index >= 15 is 0 Å². The maximum absolute atomic E-state index is 13.8. The lowest BCUT2D eigenvalue weighted by Crippen LogP contribution is -2.39. The number of nitrogens with zero attached hydrogens (tertiary/aromatic N) is 3. The van der Waals surface area contributed by atoms with Crippen LogP contribution in [0.15, 0.2) is 41.3 Å². The predicted molar refractivity (Wildman–Crippen MR) is 128 cm³/mol. The van der Waals surface area contributed by atoms with Gasteiger partial charge in [0.05, 0.1) is 30.2 Å². The van der Waals surface area contributed by atoms with Crippen LogP contribution < -0.4 is 16.2 Å². The van der Waals surface area contributed by atoms with Crippen molar-refractivity contribution in [2.24, 2.45) is 5.92 Å². The number of benzene rings is 1. The number of aromatic amines is 1. The summed E-state index contributed by atoms with van der Waals surface area (Å²) in [6.07, 6.45) is 1.02. The minimum absolute atomic E-state index is 0.129. The number of aromatic nitrogens is 3. The van der Waals surface area contributed by atoms with Crippen LogP contribution in [-0.4, -0.2) is 40.2 Å². The number of hydrogen-bond acceptors (Lipinski definition) is 6. The van der Waals surface area contributed by atoms with E-state index in [0.29, 0.717) is 36.2 Å². The molecule has 1 aliphatic heterocycles. The topological polar surface area (TPSA) is 108 Å². The number of fused-ring (bicyclic) bond motifs is 1. The largest absolute Gasteiger partial charge is 0.407 e. The summed E-state index contributed by atoms with van der Waals surface area (Å²) >= 11 is 0. The van der Waals surface area contributed by atoms with E-state index in [2.05, 4.69) is 26.8 Å². The lowest BCUT2D eigenvalue weighted by molar-refractivity contribution is -0.159. The molecule has 2 fully saturated rings. The van der Waals surface area contributed by atoms with Gasteiger partial charge in [-0.05, 0) is 43.0 Å². The molecule has 2 aliphatic rings. The van der Waals surface area contributed by atoms with Crippen molar-refractivity contribution in [2.75, 3.05) is 18.5 Å². The lowest BCUT2D eigenvalue weighted by Gasteiger charge is -2.27. The number of nitriles is 1. The summed E-state index contributed by atoms with van der Waals surface area (Å²) in [5.41, 5.74) is 0.809. The van der Waals surface area contributed by atoms with Gasteiger partial charge in [0.25, 0.3) is 5.56 Å². The van der Waals surface area contributed by atoms with Gasteiger partial charge in [-0.25, -0.2) is 0 Å². The molecule has 190 valence electrons. The Morgan fingerprint density at radius 2 is 1.92 bits per heavy atom. The van der Waals surface area contributed by atoms with Crippen molar-refractivity contribution in [2.45, 2.75) is 56.4 Å². The van der Waals surface area contributed by atoms with E-state index in [-0.39, 0.29) is 34.9 Å². The molecule has 3 atom stereocenters. The van der Waals surface area contributed by atoms with E-state index in [1.54, 1.807) is 22.9 Å². The smallest absolute Gasteiger partial charge is 0.379 e. The Morgan fingerprint density at radius 3 is 2.61 bits per heavy atom. The molecule has 0 amide bonds. The number of pyridine rings is 1. The standard InChI is InChI=1S/C25H27F3N6O2/c26-25(27,28)22(31-17-3-1-2-4-17)15-5-7-18(8-6-15)32-23-21-19(9-11-30-24(21)35)34(33-23)20-14-36-12-10-16(20)13-29/h5-9,11,16-17,20,22,31H,1-4,10,12,14H2,(H,30,35)(H,32,33)/t16?,20-,22?/m0/s1. The molecule has 0 bridgehead atoms. The molecule has 5 rings (SSSR count). The van der Waals surface area contributed by atoms with Gasteiger partial charge in [-0.2, -0.15) is 23.5 Å². The Kier molecular flexibility index (Phi) is 6.73.